The van der Waals surface area contributed by atoms with Crippen LogP contribution in [0.25, 0.3) is 0 Å². The number of nitrogens with two attached hydrogens (primary N) is 1. The smallest absolute Gasteiger partial charge is 0.265 e. The Morgan fingerprint density at radius 3 is 2.42 bits per heavy atom. The van der Waals surface area contributed by atoms with E-state index in [1.54, 1.807) is 37.3 Å². The zero-order valence-electron chi connectivity index (χ0n) is 18.8. The van der Waals surface area contributed by atoms with Gasteiger partial charge in [-0.05, 0) is 66.8 Å². The number of hydrogen-bond acceptors (Lipinski definition) is 5. The van der Waals surface area contributed by atoms with E-state index in [0.717, 1.165) is 12.0 Å². The van der Waals surface area contributed by atoms with Crippen LogP contribution in [0.4, 0.5) is 11.4 Å². The van der Waals surface area contributed by atoms with Gasteiger partial charge in [-0.1, -0.05) is 36.4 Å². The molecule has 3 aromatic carbocycles. The number of ether oxygens (including phenoxy) is 1. The van der Waals surface area contributed by atoms with E-state index >= 15 is 0 Å². The van der Waals surface area contributed by atoms with Crippen molar-refractivity contribution in [2.75, 3.05) is 24.1 Å². The number of rotatable bonds is 10. The fourth-order valence-corrected chi connectivity index (χ4v) is 4.71. The summed E-state index contributed by atoms with van der Waals surface area (Å²) in [6.45, 7) is 2.35. The second kappa shape index (κ2) is 10.9. The van der Waals surface area contributed by atoms with Gasteiger partial charge in [-0.3, -0.25) is 9.52 Å². The third-order valence-electron chi connectivity index (χ3n) is 5.23. The van der Waals surface area contributed by atoms with Gasteiger partial charge in [0, 0.05) is 18.7 Å². The first-order valence-electron chi connectivity index (χ1n) is 10.6. The highest BCUT2D eigenvalue weighted by atomic mass is 32.2. The topological polar surface area (TPSA) is 111 Å². The van der Waals surface area contributed by atoms with Gasteiger partial charge in [0.15, 0.2) is 0 Å². The van der Waals surface area contributed by atoms with Gasteiger partial charge in [-0.25, -0.2) is 8.42 Å². The van der Waals surface area contributed by atoms with Crippen molar-refractivity contribution in [3.05, 3.63) is 83.4 Å². The van der Waals surface area contributed by atoms with Gasteiger partial charge in [-0.2, -0.15) is 0 Å². The fourth-order valence-electron chi connectivity index (χ4n) is 3.43. The van der Waals surface area contributed by atoms with Gasteiger partial charge in [0.25, 0.3) is 10.0 Å². The summed E-state index contributed by atoms with van der Waals surface area (Å²) in [6.07, 6.45) is 1.54. The summed E-state index contributed by atoms with van der Waals surface area (Å²) in [5.74, 6) is 0.166. The number of carbonyl (C=O) groups is 1. The molecule has 0 saturated carbocycles. The maximum atomic E-state index is 12.9. The van der Waals surface area contributed by atoms with E-state index in [4.69, 9.17) is 10.5 Å². The van der Waals surface area contributed by atoms with Gasteiger partial charge < -0.3 is 15.8 Å². The Labute approximate surface area is 195 Å². The lowest BCUT2D eigenvalue weighted by atomic mass is 10.1. The van der Waals surface area contributed by atoms with Crippen molar-refractivity contribution in [3.8, 4) is 5.75 Å². The van der Waals surface area contributed by atoms with Crippen LogP contribution < -0.4 is 20.5 Å². The minimum atomic E-state index is -3.87. The minimum absolute atomic E-state index is 0.0253. The molecule has 8 heteroatoms. The van der Waals surface area contributed by atoms with Gasteiger partial charge >= 0.3 is 0 Å². The molecule has 0 fully saturated rings. The quantitative estimate of drug-likeness (QED) is 0.394. The number of amides is 1. The molecule has 174 valence electrons. The van der Waals surface area contributed by atoms with Crippen molar-refractivity contribution in [1.29, 1.82) is 0 Å². The van der Waals surface area contributed by atoms with E-state index in [-0.39, 0.29) is 16.6 Å². The molecule has 0 saturated heterocycles. The van der Waals surface area contributed by atoms with E-state index in [2.05, 4.69) is 10.0 Å². The molecule has 0 heterocycles. The minimum Gasteiger partial charge on any atom is -0.495 e. The van der Waals surface area contributed by atoms with Crippen molar-refractivity contribution in [2.24, 2.45) is 0 Å². The molecule has 0 bridgehead atoms. The van der Waals surface area contributed by atoms with E-state index < -0.39 is 10.0 Å². The van der Waals surface area contributed by atoms with Crippen molar-refractivity contribution >= 4 is 27.3 Å². The summed E-state index contributed by atoms with van der Waals surface area (Å²) in [5.41, 5.74) is 9.44. The second-order valence-electron chi connectivity index (χ2n) is 7.75. The predicted octanol–water partition coefficient (Wildman–Crippen LogP) is 3.68. The highest BCUT2D eigenvalue weighted by Crippen LogP contribution is 2.29. The number of methoxy groups -OCH3 is 1. The molecule has 3 aromatic rings. The molecule has 3 rings (SSSR count). The SMILES string of the molecule is COc1cc(CCC(=O)NCCc2ccccc2)ccc1S(=O)(=O)Nc1ccc(N)cc1C. The highest BCUT2D eigenvalue weighted by Gasteiger charge is 2.21. The summed E-state index contributed by atoms with van der Waals surface area (Å²) < 4.78 is 33.8. The van der Waals surface area contributed by atoms with Crippen molar-refractivity contribution in [1.82, 2.24) is 5.32 Å². The molecule has 0 aliphatic rings. The highest BCUT2D eigenvalue weighted by molar-refractivity contribution is 7.92. The first-order valence-corrected chi connectivity index (χ1v) is 12.1. The zero-order valence-corrected chi connectivity index (χ0v) is 19.6. The van der Waals surface area contributed by atoms with Crippen molar-refractivity contribution in [3.63, 3.8) is 0 Å². The third kappa shape index (κ3) is 6.73. The third-order valence-corrected chi connectivity index (χ3v) is 6.64. The fraction of sp³-hybridized carbons (Fsp3) is 0.240. The van der Waals surface area contributed by atoms with Crippen molar-refractivity contribution < 1.29 is 17.9 Å². The number of sulfonamides is 1. The summed E-state index contributed by atoms with van der Waals surface area (Å²) >= 11 is 0. The number of aryl methyl sites for hydroxylation is 2. The summed E-state index contributed by atoms with van der Waals surface area (Å²) in [4.78, 5) is 12.2. The van der Waals surface area contributed by atoms with Crippen molar-refractivity contribution in [2.45, 2.75) is 31.1 Å². The Bertz CT molecular complexity index is 1210. The summed E-state index contributed by atoms with van der Waals surface area (Å²) in [7, 11) is -2.45. The maximum absolute atomic E-state index is 12.9. The molecular weight excluding hydrogens is 438 g/mol. The molecule has 0 radical (unpaired) electrons. The number of nitrogen functional groups attached to an aromatic ring is 1. The standard InChI is InChI=1S/C25H29N3O4S/c1-18-16-21(26)10-11-22(18)28-33(30,31)24-12-8-20(17-23(24)32-2)9-13-25(29)27-15-14-19-6-4-3-5-7-19/h3-8,10-12,16-17,28H,9,13-15,26H2,1-2H3,(H,27,29). The number of nitrogens with one attached hydrogen (secondary N) is 2. The lowest BCUT2D eigenvalue weighted by molar-refractivity contribution is -0.121. The van der Waals surface area contributed by atoms with Gasteiger partial charge in [0.2, 0.25) is 5.91 Å². The average Bonchev–Trinajstić information content (AvgIpc) is 2.80. The Morgan fingerprint density at radius 2 is 1.73 bits per heavy atom. The Hall–Kier alpha value is -3.52. The van der Waals surface area contributed by atoms with E-state index in [1.807, 2.05) is 30.3 Å². The Kier molecular flexibility index (Phi) is 7.95. The van der Waals surface area contributed by atoms with Crippen LogP contribution in [-0.2, 0) is 27.7 Å². The molecule has 1 amide bonds. The predicted molar refractivity (Wildman–Crippen MR) is 131 cm³/mol. The molecule has 0 aromatic heterocycles. The lowest BCUT2D eigenvalue weighted by Gasteiger charge is -2.14. The van der Waals surface area contributed by atoms with E-state index in [0.29, 0.717) is 36.3 Å². The maximum Gasteiger partial charge on any atom is 0.265 e. The molecule has 0 spiro atoms. The molecular formula is C25H29N3O4S. The van der Waals surface area contributed by atoms with Crippen LogP contribution in [0.3, 0.4) is 0 Å². The second-order valence-corrected chi connectivity index (χ2v) is 9.40. The Balaban J connectivity index is 1.61. The number of benzene rings is 3. The summed E-state index contributed by atoms with van der Waals surface area (Å²) in [5, 5.41) is 2.92. The molecule has 0 unspecified atom stereocenters. The van der Waals surface area contributed by atoms with Crippen LogP contribution in [-0.4, -0.2) is 28.0 Å². The zero-order chi connectivity index (χ0) is 23.8. The molecule has 4 N–H and O–H groups in total. The van der Waals surface area contributed by atoms with Crippen LogP contribution in [0.15, 0.2) is 71.6 Å². The largest absolute Gasteiger partial charge is 0.495 e. The van der Waals surface area contributed by atoms with Crippen LogP contribution in [0.2, 0.25) is 0 Å². The van der Waals surface area contributed by atoms with Gasteiger partial charge in [0.05, 0.1) is 12.8 Å². The molecule has 7 nitrogen and oxygen atoms in total. The molecule has 0 aliphatic carbocycles. The van der Waals surface area contributed by atoms with Crippen LogP contribution >= 0.6 is 0 Å². The van der Waals surface area contributed by atoms with Crippen LogP contribution in [0, 0.1) is 6.92 Å². The lowest BCUT2D eigenvalue weighted by Crippen LogP contribution is -2.25. The van der Waals surface area contributed by atoms with Gasteiger partial charge in [0.1, 0.15) is 10.6 Å². The first kappa shape index (κ1) is 24.1. The van der Waals surface area contributed by atoms with E-state index in [1.165, 1.54) is 18.7 Å². The van der Waals surface area contributed by atoms with Crippen LogP contribution in [0.1, 0.15) is 23.1 Å². The average molecular weight is 468 g/mol. The van der Waals surface area contributed by atoms with Gasteiger partial charge in [-0.15, -0.1) is 0 Å². The Morgan fingerprint density at radius 1 is 0.970 bits per heavy atom. The molecule has 0 aliphatic heterocycles. The molecule has 33 heavy (non-hydrogen) atoms. The monoisotopic (exact) mass is 467 g/mol. The van der Waals surface area contributed by atoms with Crippen LogP contribution in [0.5, 0.6) is 5.75 Å². The molecule has 0 atom stereocenters. The van der Waals surface area contributed by atoms with E-state index in [9.17, 15) is 13.2 Å². The normalized spacial score (nSPS) is 11.1. The number of anilines is 2. The number of hydrogen-bond donors (Lipinski definition) is 3. The number of carbonyl (C=O) groups excluding carboxylic acids is 1. The summed E-state index contributed by atoms with van der Waals surface area (Å²) in [6, 6.07) is 19.8. The first-order chi connectivity index (χ1) is 15.8.